The number of urea groups is 1. The Morgan fingerprint density at radius 3 is 2.75 bits per heavy atom. The summed E-state index contributed by atoms with van der Waals surface area (Å²) >= 11 is 0. The van der Waals surface area contributed by atoms with Gasteiger partial charge in [0.05, 0.1) is 6.10 Å². The first-order valence-electron chi connectivity index (χ1n) is 5.04. The standard InChI is InChI=1S/C11H10N2O3/c14-8-5-11(9(15)12-10(16)13-11)7-4-2-1-3-6(7)8/h1-4,8,14H,5H2,(H2,12,13,15,16)/t8-,11-/m1/s1. The van der Waals surface area contributed by atoms with E-state index in [0.717, 1.165) is 0 Å². The maximum Gasteiger partial charge on any atom is 0.322 e. The normalized spacial score (nSPS) is 31.4. The van der Waals surface area contributed by atoms with Gasteiger partial charge < -0.3 is 10.4 Å². The van der Waals surface area contributed by atoms with Gasteiger partial charge in [0, 0.05) is 6.42 Å². The van der Waals surface area contributed by atoms with Crippen LogP contribution < -0.4 is 10.6 Å². The Morgan fingerprint density at radius 1 is 1.31 bits per heavy atom. The third kappa shape index (κ3) is 0.979. The molecule has 3 rings (SSSR count). The van der Waals surface area contributed by atoms with E-state index >= 15 is 0 Å². The van der Waals surface area contributed by atoms with Crippen molar-refractivity contribution in [1.29, 1.82) is 0 Å². The van der Waals surface area contributed by atoms with Crippen LogP contribution in [0.4, 0.5) is 4.79 Å². The van der Waals surface area contributed by atoms with Crippen LogP contribution in [-0.2, 0) is 10.3 Å². The topological polar surface area (TPSA) is 78.4 Å². The molecule has 1 aromatic rings. The van der Waals surface area contributed by atoms with Gasteiger partial charge in [0.25, 0.3) is 5.91 Å². The number of benzene rings is 1. The van der Waals surface area contributed by atoms with Crippen molar-refractivity contribution in [1.82, 2.24) is 10.6 Å². The Bertz CT molecular complexity index is 500. The largest absolute Gasteiger partial charge is 0.388 e. The second-order valence-corrected chi connectivity index (χ2v) is 4.12. The monoisotopic (exact) mass is 218 g/mol. The number of imide groups is 1. The van der Waals surface area contributed by atoms with Crippen LogP contribution in [0.25, 0.3) is 0 Å². The van der Waals surface area contributed by atoms with Gasteiger partial charge in [-0.25, -0.2) is 4.79 Å². The molecule has 5 nitrogen and oxygen atoms in total. The third-order valence-electron chi connectivity index (χ3n) is 3.22. The minimum Gasteiger partial charge on any atom is -0.388 e. The summed E-state index contributed by atoms with van der Waals surface area (Å²) in [6.45, 7) is 0. The highest BCUT2D eigenvalue weighted by Gasteiger charge is 2.54. The summed E-state index contributed by atoms with van der Waals surface area (Å²) in [6, 6.07) is 6.61. The number of aliphatic hydroxyl groups is 1. The SMILES string of the molecule is O=C1NC(=O)[C@]2(C[C@@H](O)c3ccccc32)N1. The van der Waals surface area contributed by atoms with Gasteiger partial charge in [0.2, 0.25) is 0 Å². The van der Waals surface area contributed by atoms with E-state index in [1.807, 2.05) is 0 Å². The van der Waals surface area contributed by atoms with Crippen molar-refractivity contribution in [2.24, 2.45) is 0 Å². The van der Waals surface area contributed by atoms with Gasteiger partial charge in [-0.2, -0.15) is 0 Å². The molecule has 0 aromatic heterocycles. The summed E-state index contributed by atoms with van der Waals surface area (Å²) in [7, 11) is 0. The summed E-state index contributed by atoms with van der Waals surface area (Å²) in [6.07, 6.45) is -0.510. The molecule has 1 spiro atoms. The summed E-state index contributed by atoms with van der Waals surface area (Å²) < 4.78 is 0. The van der Waals surface area contributed by atoms with Crippen molar-refractivity contribution >= 4 is 11.9 Å². The molecule has 3 amide bonds. The fourth-order valence-electron chi connectivity index (χ4n) is 2.51. The van der Waals surface area contributed by atoms with Crippen LogP contribution in [0, 0.1) is 0 Å². The Morgan fingerprint density at radius 2 is 2.06 bits per heavy atom. The average molecular weight is 218 g/mol. The lowest BCUT2D eigenvalue weighted by Crippen LogP contribution is -2.41. The number of nitrogens with one attached hydrogen (secondary N) is 2. The highest BCUT2D eigenvalue weighted by atomic mass is 16.3. The van der Waals surface area contributed by atoms with E-state index in [0.29, 0.717) is 11.1 Å². The molecular weight excluding hydrogens is 208 g/mol. The Labute approximate surface area is 91.5 Å². The lowest BCUT2D eigenvalue weighted by molar-refractivity contribution is -0.124. The fraction of sp³-hybridized carbons (Fsp3) is 0.273. The molecule has 1 saturated heterocycles. The fourth-order valence-corrected chi connectivity index (χ4v) is 2.51. The lowest BCUT2D eigenvalue weighted by atomic mass is 9.92. The molecular formula is C11H10N2O3. The molecule has 82 valence electrons. The van der Waals surface area contributed by atoms with Crippen LogP contribution in [0.1, 0.15) is 23.7 Å². The van der Waals surface area contributed by atoms with Crippen molar-refractivity contribution in [3.8, 4) is 0 Å². The molecule has 2 atom stereocenters. The van der Waals surface area contributed by atoms with Crippen molar-refractivity contribution in [2.75, 3.05) is 0 Å². The summed E-state index contributed by atoms with van der Waals surface area (Å²) in [5.74, 6) is -0.387. The van der Waals surface area contributed by atoms with Crippen LogP contribution in [0.15, 0.2) is 24.3 Å². The number of carbonyl (C=O) groups excluding carboxylic acids is 2. The minimum atomic E-state index is -1.08. The molecule has 1 aliphatic carbocycles. The quantitative estimate of drug-likeness (QED) is 0.543. The molecule has 0 unspecified atom stereocenters. The van der Waals surface area contributed by atoms with E-state index in [2.05, 4.69) is 10.6 Å². The predicted octanol–water partition coefficient (Wildman–Crippen LogP) is 0.158. The van der Waals surface area contributed by atoms with Crippen LogP contribution in [0.2, 0.25) is 0 Å². The Hall–Kier alpha value is -1.88. The predicted molar refractivity (Wildman–Crippen MR) is 54.4 cm³/mol. The highest BCUT2D eigenvalue weighted by Crippen LogP contribution is 2.44. The maximum atomic E-state index is 11.8. The molecule has 1 aromatic carbocycles. The lowest BCUT2D eigenvalue weighted by Gasteiger charge is -2.20. The first-order valence-corrected chi connectivity index (χ1v) is 5.04. The van der Waals surface area contributed by atoms with E-state index in [1.165, 1.54) is 0 Å². The van der Waals surface area contributed by atoms with Gasteiger partial charge in [-0.3, -0.25) is 10.1 Å². The van der Waals surface area contributed by atoms with E-state index in [-0.39, 0.29) is 12.3 Å². The van der Waals surface area contributed by atoms with Crippen LogP contribution in [-0.4, -0.2) is 17.0 Å². The molecule has 16 heavy (non-hydrogen) atoms. The molecule has 1 fully saturated rings. The Balaban J connectivity index is 2.19. The molecule has 0 radical (unpaired) electrons. The van der Waals surface area contributed by atoms with Crippen molar-refractivity contribution in [3.05, 3.63) is 35.4 Å². The number of hydrogen-bond acceptors (Lipinski definition) is 3. The maximum absolute atomic E-state index is 11.8. The number of amides is 3. The average Bonchev–Trinajstić information content (AvgIpc) is 2.69. The van der Waals surface area contributed by atoms with Gasteiger partial charge in [0.15, 0.2) is 0 Å². The molecule has 1 heterocycles. The van der Waals surface area contributed by atoms with Gasteiger partial charge in [-0.1, -0.05) is 24.3 Å². The summed E-state index contributed by atoms with van der Waals surface area (Å²) in [5.41, 5.74) is 0.318. The first-order chi connectivity index (χ1) is 7.63. The Kier molecular flexibility index (Phi) is 1.65. The van der Waals surface area contributed by atoms with Crippen molar-refractivity contribution in [3.63, 3.8) is 0 Å². The highest BCUT2D eigenvalue weighted by molar-refractivity contribution is 6.08. The minimum absolute atomic E-state index is 0.198. The number of carbonyl (C=O) groups is 2. The van der Waals surface area contributed by atoms with Gasteiger partial charge in [-0.15, -0.1) is 0 Å². The van der Waals surface area contributed by atoms with Crippen LogP contribution in [0.5, 0.6) is 0 Å². The number of fused-ring (bicyclic) bond motifs is 2. The van der Waals surface area contributed by atoms with Crippen LogP contribution in [0.3, 0.4) is 0 Å². The number of hydrogen-bond donors (Lipinski definition) is 3. The van der Waals surface area contributed by atoms with E-state index in [9.17, 15) is 14.7 Å². The molecule has 5 heteroatoms. The zero-order valence-corrected chi connectivity index (χ0v) is 8.36. The smallest absolute Gasteiger partial charge is 0.322 e. The van der Waals surface area contributed by atoms with E-state index in [1.54, 1.807) is 24.3 Å². The van der Waals surface area contributed by atoms with Gasteiger partial charge in [-0.05, 0) is 11.1 Å². The van der Waals surface area contributed by atoms with Crippen molar-refractivity contribution in [2.45, 2.75) is 18.1 Å². The third-order valence-corrected chi connectivity index (χ3v) is 3.22. The first kappa shape index (κ1) is 9.35. The zero-order valence-electron chi connectivity index (χ0n) is 8.36. The van der Waals surface area contributed by atoms with Crippen LogP contribution >= 0.6 is 0 Å². The van der Waals surface area contributed by atoms with E-state index in [4.69, 9.17) is 0 Å². The number of aliphatic hydroxyl groups excluding tert-OH is 1. The van der Waals surface area contributed by atoms with Gasteiger partial charge in [0.1, 0.15) is 5.54 Å². The summed E-state index contributed by atoms with van der Waals surface area (Å²) in [4.78, 5) is 23.0. The summed E-state index contributed by atoms with van der Waals surface area (Å²) in [5, 5.41) is 14.7. The molecule has 0 saturated carbocycles. The molecule has 2 aliphatic rings. The van der Waals surface area contributed by atoms with Crippen molar-refractivity contribution < 1.29 is 14.7 Å². The molecule has 0 bridgehead atoms. The molecule has 1 aliphatic heterocycles. The number of rotatable bonds is 0. The van der Waals surface area contributed by atoms with Gasteiger partial charge >= 0.3 is 6.03 Å². The second kappa shape index (κ2) is 2.82. The van der Waals surface area contributed by atoms with E-state index < -0.39 is 17.7 Å². The second-order valence-electron chi connectivity index (χ2n) is 4.12. The molecule has 3 N–H and O–H groups in total. The zero-order chi connectivity index (χ0) is 11.3.